The molecule has 51 valence electrons. The van der Waals surface area contributed by atoms with Crippen molar-refractivity contribution < 1.29 is 4.74 Å². The van der Waals surface area contributed by atoms with Crippen molar-refractivity contribution in [2.75, 3.05) is 19.8 Å². The van der Waals surface area contributed by atoms with Crippen LogP contribution < -0.4 is 10.6 Å². The summed E-state index contributed by atoms with van der Waals surface area (Å²) in [5.74, 6) is 0. The van der Waals surface area contributed by atoms with Crippen molar-refractivity contribution in [1.29, 1.82) is 0 Å². The lowest BCUT2D eigenvalue weighted by molar-refractivity contribution is 0.00268. The van der Waals surface area contributed by atoms with Crippen LogP contribution in [0, 0.1) is 0 Å². The Hall–Kier alpha value is -0.120. The first-order valence-corrected chi connectivity index (χ1v) is 3.46. The summed E-state index contributed by atoms with van der Waals surface area (Å²) < 4.78 is 5.40. The van der Waals surface area contributed by atoms with Crippen LogP contribution in [0.4, 0.5) is 0 Å². The third-order valence-corrected chi connectivity index (χ3v) is 1.96. The number of hydrogen-bond donors (Lipinski definition) is 1. The molecule has 1 N–H and O–H groups in total. The van der Waals surface area contributed by atoms with Crippen LogP contribution in [0.5, 0.6) is 0 Å². The van der Waals surface area contributed by atoms with Crippen molar-refractivity contribution in [2.24, 2.45) is 0 Å². The van der Waals surface area contributed by atoms with E-state index in [2.05, 4.69) is 10.6 Å². The fourth-order valence-electron chi connectivity index (χ4n) is 1.44. The van der Waals surface area contributed by atoms with Gasteiger partial charge in [0.25, 0.3) is 0 Å². The number of nitrogens with zero attached hydrogens (tertiary/aromatic N) is 1. The minimum atomic E-state index is 0.436. The minimum absolute atomic E-state index is 0.436. The van der Waals surface area contributed by atoms with E-state index in [0.717, 1.165) is 26.2 Å². The van der Waals surface area contributed by atoms with Crippen LogP contribution in [0.1, 0.15) is 6.42 Å². The van der Waals surface area contributed by atoms with Gasteiger partial charge in [0.05, 0.1) is 18.9 Å². The molecule has 2 heterocycles. The molecule has 0 spiro atoms. The second kappa shape index (κ2) is 2.25. The molecule has 2 rings (SSSR count). The lowest BCUT2D eigenvalue weighted by Gasteiger charge is -2.25. The van der Waals surface area contributed by atoms with Gasteiger partial charge in [0.15, 0.2) is 0 Å². The minimum Gasteiger partial charge on any atom is -0.361 e. The normalized spacial score (nSPS) is 42.7. The van der Waals surface area contributed by atoms with E-state index in [1.807, 2.05) is 0 Å². The monoisotopic (exact) mass is 127 g/mol. The van der Waals surface area contributed by atoms with Crippen molar-refractivity contribution in [3.8, 4) is 0 Å². The van der Waals surface area contributed by atoms with Crippen LogP contribution in [0.3, 0.4) is 0 Å². The van der Waals surface area contributed by atoms with E-state index in [9.17, 15) is 0 Å². The maximum absolute atomic E-state index is 5.40. The quantitative estimate of drug-likeness (QED) is 0.467. The van der Waals surface area contributed by atoms with Crippen LogP contribution >= 0.6 is 0 Å². The summed E-state index contributed by atoms with van der Waals surface area (Å²) in [6.45, 7) is 2.73. The molecule has 2 fully saturated rings. The molecule has 2 atom stereocenters. The number of rotatable bonds is 0. The maximum atomic E-state index is 5.40. The molecule has 0 aromatic rings. The highest BCUT2D eigenvalue weighted by Gasteiger charge is 2.30. The zero-order valence-corrected chi connectivity index (χ0v) is 5.34. The highest BCUT2D eigenvalue weighted by Crippen LogP contribution is 2.14. The smallest absolute Gasteiger partial charge is 0.0970 e. The molecule has 3 heteroatoms. The molecule has 0 saturated carbocycles. The Morgan fingerprint density at radius 1 is 1.56 bits per heavy atom. The van der Waals surface area contributed by atoms with Gasteiger partial charge in [0.1, 0.15) is 0 Å². The average molecular weight is 127 g/mol. The zero-order chi connectivity index (χ0) is 6.10. The van der Waals surface area contributed by atoms with Crippen LogP contribution in [0.25, 0.3) is 0 Å². The number of fused-ring (bicyclic) bond motifs is 1. The van der Waals surface area contributed by atoms with E-state index in [0.29, 0.717) is 12.1 Å². The third-order valence-electron chi connectivity index (χ3n) is 1.96. The van der Waals surface area contributed by atoms with E-state index in [1.165, 1.54) is 0 Å². The summed E-state index contributed by atoms with van der Waals surface area (Å²) >= 11 is 0. The van der Waals surface area contributed by atoms with E-state index in [4.69, 9.17) is 4.74 Å². The Morgan fingerprint density at radius 3 is 3.44 bits per heavy atom. The van der Waals surface area contributed by atoms with Crippen molar-refractivity contribution in [1.82, 2.24) is 10.6 Å². The molecule has 0 bridgehead atoms. The summed E-state index contributed by atoms with van der Waals surface area (Å²) in [6.07, 6.45) is 1.57. The zero-order valence-electron chi connectivity index (χ0n) is 5.34. The second-order valence-corrected chi connectivity index (χ2v) is 2.57. The fraction of sp³-hybridized carbons (Fsp3) is 1.00. The summed E-state index contributed by atoms with van der Waals surface area (Å²) in [4.78, 5) is 0. The van der Waals surface area contributed by atoms with Gasteiger partial charge >= 0.3 is 0 Å². The SMILES string of the molecule is C1CC2OCNCC2[N]1. The molecular weight excluding hydrogens is 116 g/mol. The first-order valence-electron chi connectivity index (χ1n) is 3.46. The van der Waals surface area contributed by atoms with Gasteiger partial charge in [-0.1, -0.05) is 0 Å². The molecule has 2 aliphatic rings. The Labute approximate surface area is 54.8 Å². The van der Waals surface area contributed by atoms with Gasteiger partial charge in [-0.05, 0) is 6.42 Å². The largest absolute Gasteiger partial charge is 0.361 e. The summed E-state index contributed by atoms with van der Waals surface area (Å²) in [7, 11) is 0. The molecule has 0 aliphatic carbocycles. The molecule has 0 aromatic heterocycles. The predicted molar refractivity (Wildman–Crippen MR) is 33.1 cm³/mol. The Balaban J connectivity index is 1.97. The first-order chi connectivity index (χ1) is 4.47. The molecular formula is C6H11N2O. The van der Waals surface area contributed by atoms with Crippen LogP contribution in [0.2, 0.25) is 0 Å². The Bertz CT molecular complexity index is 95.2. The first kappa shape index (κ1) is 5.65. The molecule has 9 heavy (non-hydrogen) atoms. The Kier molecular flexibility index (Phi) is 1.41. The number of nitrogens with one attached hydrogen (secondary N) is 1. The maximum Gasteiger partial charge on any atom is 0.0970 e. The van der Waals surface area contributed by atoms with Gasteiger partial charge in [-0.3, -0.25) is 5.32 Å². The molecule has 2 unspecified atom stereocenters. The lowest BCUT2D eigenvalue weighted by Crippen LogP contribution is -2.45. The molecule has 0 amide bonds. The van der Waals surface area contributed by atoms with Gasteiger partial charge in [-0.25, -0.2) is 5.32 Å². The van der Waals surface area contributed by atoms with Crippen molar-refractivity contribution >= 4 is 0 Å². The molecule has 2 saturated heterocycles. The second-order valence-electron chi connectivity index (χ2n) is 2.57. The van der Waals surface area contributed by atoms with E-state index < -0.39 is 0 Å². The average Bonchev–Trinajstić information content (AvgIpc) is 2.33. The summed E-state index contributed by atoms with van der Waals surface area (Å²) in [6, 6.07) is 0.457. The van der Waals surface area contributed by atoms with Gasteiger partial charge in [-0.15, -0.1) is 0 Å². The third kappa shape index (κ3) is 0.956. The van der Waals surface area contributed by atoms with Crippen molar-refractivity contribution in [2.45, 2.75) is 18.6 Å². The van der Waals surface area contributed by atoms with Gasteiger partial charge in [0, 0.05) is 13.1 Å². The van der Waals surface area contributed by atoms with E-state index in [-0.39, 0.29) is 0 Å². The van der Waals surface area contributed by atoms with E-state index in [1.54, 1.807) is 0 Å². The standard InChI is InChI=1S/C6H11N2O/c1-2-8-5-3-7-4-9-6(1)5/h5-7H,1-4H2. The molecule has 3 nitrogen and oxygen atoms in total. The van der Waals surface area contributed by atoms with Gasteiger partial charge in [-0.2, -0.15) is 0 Å². The summed E-state index contributed by atoms with van der Waals surface area (Å²) in [5, 5.41) is 7.51. The number of ether oxygens (including phenoxy) is 1. The molecule has 0 aromatic carbocycles. The molecule has 2 aliphatic heterocycles. The lowest BCUT2D eigenvalue weighted by atomic mass is 10.1. The highest BCUT2D eigenvalue weighted by molar-refractivity contribution is 4.87. The predicted octanol–water partition coefficient (Wildman–Crippen LogP) is -0.691. The van der Waals surface area contributed by atoms with Crippen molar-refractivity contribution in [3.05, 3.63) is 0 Å². The fourth-order valence-corrected chi connectivity index (χ4v) is 1.44. The number of hydrogen-bond acceptors (Lipinski definition) is 2. The van der Waals surface area contributed by atoms with Gasteiger partial charge in [0.2, 0.25) is 0 Å². The van der Waals surface area contributed by atoms with Crippen molar-refractivity contribution in [3.63, 3.8) is 0 Å². The van der Waals surface area contributed by atoms with E-state index >= 15 is 0 Å². The highest BCUT2D eigenvalue weighted by atomic mass is 16.5. The Morgan fingerprint density at radius 2 is 2.56 bits per heavy atom. The summed E-state index contributed by atoms with van der Waals surface area (Å²) in [5.41, 5.74) is 0. The topological polar surface area (TPSA) is 35.4 Å². The van der Waals surface area contributed by atoms with Gasteiger partial charge < -0.3 is 4.74 Å². The van der Waals surface area contributed by atoms with Crippen LogP contribution in [-0.4, -0.2) is 32.0 Å². The van der Waals surface area contributed by atoms with Crippen LogP contribution in [0.15, 0.2) is 0 Å². The molecule has 1 radical (unpaired) electrons. The van der Waals surface area contributed by atoms with Crippen LogP contribution in [-0.2, 0) is 4.74 Å².